The van der Waals surface area contributed by atoms with Crippen LogP contribution in [0.1, 0.15) is 45.4 Å². The minimum Gasteiger partial charge on any atom is -0.444 e. The minimum absolute atomic E-state index is 0.236. The molecule has 0 aromatic carbocycles. The molecule has 2 heterocycles. The topological polar surface area (TPSA) is 58.6 Å². The van der Waals surface area contributed by atoms with Crippen LogP contribution in [0.15, 0.2) is 10.7 Å². The molecule has 1 amide bonds. The monoisotopic (exact) mass is 382 g/mol. The van der Waals surface area contributed by atoms with Crippen LogP contribution in [-0.4, -0.2) is 52.7 Å². The quantitative estimate of drug-likeness (QED) is 0.735. The Labute approximate surface area is 145 Å². The van der Waals surface area contributed by atoms with Crippen LogP contribution in [0.25, 0.3) is 0 Å². The molecule has 1 aromatic heterocycles. The van der Waals surface area contributed by atoms with E-state index in [1.807, 2.05) is 26.8 Å². The number of hydrogen-bond acceptors (Lipinski definition) is 5. The molecule has 0 atom stereocenters. The van der Waals surface area contributed by atoms with Crippen molar-refractivity contribution >= 4 is 27.8 Å². The molecule has 1 aliphatic carbocycles. The average molecular weight is 383 g/mol. The van der Waals surface area contributed by atoms with Crippen molar-refractivity contribution < 1.29 is 9.53 Å². The summed E-state index contributed by atoms with van der Waals surface area (Å²) in [5, 5.41) is 0. The van der Waals surface area contributed by atoms with Gasteiger partial charge in [0.1, 0.15) is 21.8 Å². The first-order valence-electron chi connectivity index (χ1n) is 8.09. The number of hydrogen-bond donors (Lipinski definition) is 0. The Morgan fingerprint density at radius 1 is 1.22 bits per heavy atom. The van der Waals surface area contributed by atoms with Crippen LogP contribution in [0, 0.1) is 0 Å². The molecule has 1 saturated carbocycles. The summed E-state index contributed by atoms with van der Waals surface area (Å²) >= 11 is 3.48. The van der Waals surface area contributed by atoms with Crippen molar-refractivity contribution in [2.24, 2.45) is 0 Å². The molecular weight excluding hydrogens is 360 g/mol. The Hall–Kier alpha value is -1.37. The van der Waals surface area contributed by atoms with Crippen LogP contribution in [0.5, 0.6) is 0 Å². The Morgan fingerprint density at radius 2 is 1.87 bits per heavy atom. The van der Waals surface area contributed by atoms with Gasteiger partial charge in [0.25, 0.3) is 0 Å². The average Bonchev–Trinajstić information content (AvgIpc) is 3.29. The summed E-state index contributed by atoms with van der Waals surface area (Å²) in [6.45, 7) is 8.47. The molecule has 0 unspecified atom stereocenters. The van der Waals surface area contributed by atoms with Gasteiger partial charge in [-0.15, -0.1) is 0 Å². The van der Waals surface area contributed by atoms with Crippen molar-refractivity contribution in [1.29, 1.82) is 0 Å². The van der Waals surface area contributed by atoms with E-state index in [4.69, 9.17) is 9.72 Å². The Kier molecular flexibility index (Phi) is 4.49. The van der Waals surface area contributed by atoms with Gasteiger partial charge in [0.05, 0.1) is 0 Å². The Morgan fingerprint density at radius 3 is 2.43 bits per heavy atom. The van der Waals surface area contributed by atoms with E-state index in [9.17, 15) is 4.79 Å². The third-order valence-electron chi connectivity index (χ3n) is 3.90. The summed E-state index contributed by atoms with van der Waals surface area (Å²) in [6.07, 6.45) is 2.13. The third kappa shape index (κ3) is 4.34. The van der Waals surface area contributed by atoms with Gasteiger partial charge >= 0.3 is 6.09 Å². The van der Waals surface area contributed by atoms with Crippen LogP contribution in [0.3, 0.4) is 0 Å². The first kappa shape index (κ1) is 16.5. The van der Waals surface area contributed by atoms with Gasteiger partial charge in [0, 0.05) is 38.2 Å². The lowest BCUT2D eigenvalue weighted by Gasteiger charge is -2.36. The second-order valence-corrected chi connectivity index (χ2v) is 7.95. The summed E-state index contributed by atoms with van der Waals surface area (Å²) in [6, 6.07) is 1.95. The maximum absolute atomic E-state index is 12.1. The van der Waals surface area contributed by atoms with Crippen molar-refractivity contribution in [3.63, 3.8) is 0 Å². The van der Waals surface area contributed by atoms with Crippen molar-refractivity contribution in [3.8, 4) is 0 Å². The highest BCUT2D eigenvalue weighted by Crippen LogP contribution is 2.39. The number of anilines is 1. The standard InChI is InChI=1S/C16H23BrN4O2/c1-16(2,3)23-15(22)21-8-6-20(7-9-21)13-10-12(17)18-14(19-13)11-4-5-11/h10-11H,4-9H2,1-3H3. The van der Waals surface area contributed by atoms with Gasteiger partial charge in [-0.1, -0.05) is 0 Å². The van der Waals surface area contributed by atoms with Crippen molar-refractivity contribution in [2.75, 3.05) is 31.1 Å². The molecular formula is C16H23BrN4O2. The van der Waals surface area contributed by atoms with E-state index in [0.717, 1.165) is 29.3 Å². The van der Waals surface area contributed by atoms with Gasteiger partial charge in [0.2, 0.25) is 0 Å². The summed E-state index contributed by atoms with van der Waals surface area (Å²) in [5.74, 6) is 2.40. The lowest BCUT2D eigenvalue weighted by Crippen LogP contribution is -2.50. The van der Waals surface area contributed by atoms with Gasteiger partial charge in [-0.25, -0.2) is 14.8 Å². The molecule has 7 heteroatoms. The molecule has 2 fully saturated rings. The van der Waals surface area contributed by atoms with Gasteiger partial charge in [0.15, 0.2) is 0 Å². The van der Waals surface area contributed by atoms with E-state index >= 15 is 0 Å². The molecule has 2 aliphatic rings. The van der Waals surface area contributed by atoms with Gasteiger partial charge in [-0.05, 0) is 49.5 Å². The lowest BCUT2D eigenvalue weighted by molar-refractivity contribution is 0.0240. The Balaban J connectivity index is 1.62. The number of halogens is 1. The molecule has 1 aliphatic heterocycles. The van der Waals surface area contributed by atoms with E-state index in [2.05, 4.69) is 25.8 Å². The number of carbonyl (C=O) groups excluding carboxylic acids is 1. The second-order valence-electron chi connectivity index (χ2n) is 7.14. The molecule has 6 nitrogen and oxygen atoms in total. The summed E-state index contributed by atoms with van der Waals surface area (Å²) in [5.41, 5.74) is -0.453. The van der Waals surface area contributed by atoms with Crippen molar-refractivity contribution in [3.05, 3.63) is 16.5 Å². The zero-order valence-electron chi connectivity index (χ0n) is 13.9. The third-order valence-corrected chi connectivity index (χ3v) is 4.30. The molecule has 0 bridgehead atoms. The fourth-order valence-corrected chi connectivity index (χ4v) is 2.94. The van der Waals surface area contributed by atoms with E-state index in [0.29, 0.717) is 19.0 Å². The zero-order valence-corrected chi connectivity index (χ0v) is 15.5. The molecule has 126 valence electrons. The van der Waals surface area contributed by atoms with Crippen LogP contribution >= 0.6 is 15.9 Å². The van der Waals surface area contributed by atoms with Crippen LogP contribution in [-0.2, 0) is 4.74 Å². The number of ether oxygens (including phenoxy) is 1. The fraction of sp³-hybridized carbons (Fsp3) is 0.688. The first-order chi connectivity index (χ1) is 10.8. The maximum atomic E-state index is 12.1. The first-order valence-corrected chi connectivity index (χ1v) is 8.88. The summed E-state index contributed by atoms with van der Waals surface area (Å²) in [7, 11) is 0. The molecule has 3 rings (SSSR count). The van der Waals surface area contributed by atoms with Crippen molar-refractivity contribution in [2.45, 2.75) is 45.1 Å². The smallest absolute Gasteiger partial charge is 0.410 e. The van der Waals surface area contributed by atoms with Gasteiger partial charge in [-0.3, -0.25) is 0 Å². The van der Waals surface area contributed by atoms with Crippen molar-refractivity contribution in [1.82, 2.24) is 14.9 Å². The summed E-state index contributed by atoms with van der Waals surface area (Å²) in [4.78, 5) is 25.3. The van der Waals surface area contributed by atoms with Gasteiger partial charge in [-0.2, -0.15) is 0 Å². The number of rotatable bonds is 2. The second kappa shape index (κ2) is 6.26. The molecule has 0 N–H and O–H groups in total. The molecule has 1 saturated heterocycles. The van der Waals surface area contributed by atoms with Crippen LogP contribution < -0.4 is 4.90 Å². The fourth-order valence-electron chi connectivity index (χ4n) is 2.55. The predicted octanol–water partition coefficient (Wildman–Crippen LogP) is 3.17. The van der Waals surface area contributed by atoms with E-state index < -0.39 is 5.60 Å². The molecule has 0 spiro atoms. The van der Waals surface area contributed by atoms with E-state index in [-0.39, 0.29) is 6.09 Å². The highest BCUT2D eigenvalue weighted by molar-refractivity contribution is 9.10. The predicted molar refractivity (Wildman–Crippen MR) is 91.7 cm³/mol. The zero-order chi connectivity index (χ0) is 16.6. The van der Waals surface area contributed by atoms with Crippen LogP contribution in [0.2, 0.25) is 0 Å². The Bertz CT molecular complexity index is 590. The highest BCUT2D eigenvalue weighted by atomic mass is 79.9. The number of nitrogens with zero attached hydrogens (tertiary/aromatic N) is 4. The lowest BCUT2D eigenvalue weighted by atomic mass is 10.2. The van der Waals surface area contributed by atoms with Gasteiger partial charge < -0.3 is 14.5 Å². The molecule has 0 radical (unpaired) electrons. The number of carbonyl (C=O) groups is 1. The normalized spacial score (nSPS) is 19.0. The molecule has 23 heavy (non-hydrogen) atoms. The van der Waals surface area contributed by atoms with Crippen LogP contribution in [0.4, 0.5) is 10.6 Å². The highest BCUT2D eigenvalue weighted by Gasteiger charge is 2.29. The SMILES string of the molecule is CC(C)(C)OC(=O)N1CCN(c2cc(Br)nc(C3CC3)n2)CC1. The maximum Gasteiger partial charge on any atom is 0.410 e. The molecule has 1 aromatic rings. The van der Waals surface area contributed by atoms with E-state index in [1.54, 1.807) is 4.90 Å². The largest absolute Gasteiger partial charge is 0.444 e. The summed E-state index contributed by atoms with van der Waals surface area (Å²) < 4.78 is 6.26. The number of amides is 1. The number of piperazine rings is 1. The number of aromatic nitrogens is 2. The minimum atomic E-state index is -0.453. The van der Waals surface area contributed by atoms with E-state index in [1.165, 1.54) is 12.8 Å².